The van der Waals surface area contributed by atoms with Crippen molar-refractivity contribution < 1.29 is 19.3 Å². The summed E-state index contributed by atoms with van der Waals surface area (Å²) in [5, 5.41) is 9.60. The maximum atomic E-state index is 9.60. The van der Waals surface area contributed by atoms with Crippen molar-refractivity contribution in [2.75, 3.05) is 20.5 Å². The summed E-state index contributed by atoms with van der Waals surface area (Å²) in [6.07, 6.45) is 1.59. The van der Waals surface area contributed by atoms with Crippen LogP contribution in [0.3, 0.4) is 0 Å². The van der Waals surface area contributed by atoms with Gasteiger partial charge in [-0.3, -0.25) is 4.90 Å². The van der Waals surface area contributed by atoms with Gasteiger partial charge in [-0.05, 0) is 48.2 Å². The molecule has 1 aliphatic rings. The first kappa shape index (κ1) is 28.5. The Morgan fingerprint density at radius 2 is 1.44 bits per heavy atom. The number of hydrogen-bond acceptors (Lipinski definition) is 6. The van der Waals surface area contributed by atoms with Crippen LogP contribution in [-0.4, -0.2) is 40.1 Å². The highest BCUT2D eigenvalue weighted by atomic mass is 16.7. The van der Waals surface area contributed by atoms with Crippen LogP contribution < -0.4 is 14.2 Å². The van der Waals surface area contributed by atoms with Crippen molar-refractivity contribution in [3.05, 3.63) is 120 Å². The van der Waals surface area contributed by atoms with Gasteiger partial charge >= 0.3 is 0 Å². The number of imidazole rings is 1. The summed E-state index contributed by atoms with van der Waals surface area (Å²) >= 11 is 0. The number of hydrogen-bond donors (Lipinski definition) is 1. The lowest BCUT2D eigenvalue weighted by molar-refractivity contribution is 0.174. The predicted molar refractivity (Wildman–Crippen MR) is 168 cm³/mol. The molecular formula is C36H37N3O4. The van der Waals surface area contributed by atoms with Crippen LogP contribution in [-0.2, 0) is 26.2 Å². The molecule has 7 heteroatoms. The summed E-state index contributed by atoms with van der Waals surface area (Å²) in [7, 11) is 1.69. The third-order valence-electron chi connectivity index (χ3n) is 7.72. The molecule has 1 aromatic heterocycles. The lowest BCUT2D eigenvalue weighted by Crippen LogP contribution is -2.24. The first-order chi connectivity index (χ1) is 21.2. The van der Waals surface area contributed by atoms with Crippen LogP contribution >= 0.6 is 0 Å². The van der Waals surface area contributed by atoms with Gasteiger partial charge in [0.05, 0.1) is 18.5 Å². The summed E-state index contributed by atoms with van der Waals surface area (Å²) in [4.78, 5) is 7.73. The van der Waals surface area contributed by atoms with Crippen molar-refractivity contribution in [1.82, 2.24) is 14.5 Å². The smallest absolute Gasteiger partial charge is 0.231 e. The minimum atomic E-state index is 0.171. The van der Waals surface area contributed by atoms with E-state index in [-0.39, 0.29) is 13.4 Å². The van der Waals surface area contributed by atoms with Crippen LogP contribution in [0.4, 0.5) is 0 Å². The van der Waals surface area contributed by atoms with E-state index in [1.54, 1.807) is 7.11 Å². The number of unbranched alkanes of at least 4 members (excludes halogenated alkanes) is 1. The fraction of sp³-hybridized carbons (Fsp3) is 0.250. The maximum absolute atomic E-state index is 9.60. The molecule has 0 bridgehead atoms. The molecule has 0 radical (unpaired) electrons. The zero-order valence-corrected chi connectivity index (χ0v) is 24.5. The van der Waals surface area contributed by atoms with Crippen LogP contribution in [0, 0.1) is 0 Å². The zero-order chi connectivity index (χ0) is 29.4. The van der Waals surface area contributed by atoms with Gasteiger partial charge in [0.1, 0.15) is 11.6 Å². The number of methoxy groups -OCH3 is 1. The normalized spacial score (nSPS) is 12.2. The van der Waals surface area contributed by atoms with Gasteiger partial charge in [0.25, 0.3) is 0 Å². The lowest BCUT2D eigenvalue weighted by Gasteiger charge is -2.25. The quantitative estimate of drug-likeness (QED) is 0.154. The van der Waals surface area contributed by atoms with Gasteiger partial charge in [-0.25, -0.2) is 4.98 Å². The van der Waals surface area contributed by atoms with Crippen molar-refractivity contribution in [2.45, 2.75) is 39.0 Å². The Labute approximate surface area is 252 Å². The summed E-state index contributed by atoms with van der Waals surface area (Å²) in [6, 6.07) is 35.2. The Morgan fingerprint density at radius 3 is 2.16 bits per heavy atom. The fourth-order valence-corrected chi connectivity index (χ4v) is 5.57. The molecule has 6 rings (SSSR count). The summed E-state index contributed by atoms with van der Waals surface area (Å²) in [6.45, 7) is 3.30. The Hall–Kier alpha value is -4.59. The number of ether oxygens (including phenoxy) is 3. The SMILES string of the molecule is COc1ccc(CN(Cc2ccc3c(c2)OCO3)Cc2c(-c3ccccc3)nc(-c3ccccc3)n2CCCCO)cc1. The second-order valence-corrected chi connectivity index (χ2v) is 10.7. The van der Waals surface area contributed by atoms with E-state index >= 15 is 0 Å². The second-order valence-electron chi connectivity index (χ2n) is 10.7. The molecular weight excluding hydrogens is 538 g/mol. The molecule has 5 aromatic rings. The van der Waals surface area contributed by atoms with Crippen molar-refractivity contribution in [3.63, 3.8) is 0 Å². The summed E-state index contributed by atoms with van der Waals surface area (Å²) in [5.41, 5.74) is 6.63. The molecule has 0 saturated carbocycles. The van der Waals surface area contributed by atoms with Crippen LogP contribution in [0.2, 0.25) is 0 Å². The third-order valence-corrected chi connectivity index (χ3v) is 7.72. The number of aromatic nitrogens is 2. The van der Waals surface area contributed by atoms with E-state index in [1.165, 1.54) is 5.56 Å². The van der Waals surface area contributed by atoms with Gasteiger partial charge in [0.15, 0.2) is 11.5 Å². The fourth-order valence-electron chi connectivity index (χ4n) is 5.57. The monoisotopic (exact) mass is 575 g/mol. The molecule has 7 nitrogen and oxygen atoms in total. The van der Waals surface area contributed by atoms with Crippen molar-refractivity contribution >= 4 is 0 Å². The maximum Gasteiger partial charge on any atom is 0.231 e. The van der Waals surface area contributed by atoms with Crippen LogP contribution in [0.5, 0.6) is 17.2 Å². The van der Waals surface area contributed by atoms with E-state index in [4.69, 9.17) is 19.2 Å². The Kier molecular flexibility index (Phi) is 9.02. The van der Waals surface area contributed by atoms with Gasteiger partial charge in [-0.1, -0.05) is 78.9 Å². The van der Waals surface area contributed by atoms with Gasteiger partial charge in [-0.15, -0.1) is 0 Å². The second kappa shape index (κ2) is 13.6. The van der Waals surface area contributed by atoms with Crippen LogP contribution in [0.25, 0.3) is 22.6 Å². The topological polar surface area (TPSA) is 69.0 Å². The molecule has 0 fully saturated rings. The highest BCUT2D eigenvalue weighted by Gasteiger charge is 2.23. The predicted octanol–water partition coefficient (Wildman–Crippen LogP) is 6.93. The number of aliphatic hydroxyl groups is 1. The van der Waals surface area contributed by atoms with Crippen molar-refractivity contribution in [1.29, 1.82) is 0 Å². The molecule has 1 aliphatic heterocycles. The number of aliphatic hydroxyl groups excluding tert-OH is 1. The standard InChI is InChI=1S/C36H37N3O4/c1-41-31-17-14-27(15-18-31)23-38(24-28-16-19-33-34(22-28)43-26-42-33)25-32-35(29-10-4-2-5-11-29)37-36(30-12-6-3-7-13-30)39(32)20-8-9-21-40/h2-7,10-19,22,40H,8-9,20-21,23-26H2,1H3. The first-order valence-corrected chi connectivity index (χ1v) is 14.8. The number of benzene rings is 4. The minimum absolute atomic E-state index is 0.171. The van der Waals surface area contributed by atoms with Gasteiger partial charge in [-0.2, -0.15) is 0 Å². The van der Waals surface area contributed by atoms with Gasteiger partial charge < -0.3 is 23.9 Å². The van der Waals surface area contributed by atoms with Crippen LogP contribution in [0.15, 0.2) is 103 Å². The third kappa shape index (κ3) is 6.74. The van der Waals surface area contributed by atoms with E-state index in [1.807, 2.05) is 30.3 Å². The molecule has 220 valence electrons. The molecule has 1 N–H and O–H groups in total. The highest BCUT2D eigenvalue weighted by molar-refractivity contribution is 5.68. The lowest BCUT2D eigenvalue weighted by atomic mass is 10.1. The summed E-state index contributed by atoms with van der Waals surface area (Å²) < 4.78 is 19.0. The van der Waals surface area contributed by atoms with Gasteiger partial charge in [0.2, 0.25) is 6.79 Å². The first-order valence-electron chi connectivity index (χ1n) is 14.8. The molecule has 0 unspecified atom stereocenters. The van der Waals surface area contributed by atoms with E-state index in [2.05, 4.69) is 82.3 Å². The Balaban J connectivity index is 1.42. The molecule has 0 spiro atoms. The number of nitrogens with zero attached hydrogens (tertiary/aromatic N) is 3. The van der Waals surface area contributed by atoms with Crippen LogP contribution in [0.1, 0.15) is 29.7 Å². The molecule has 0 saturated heterocycles. The molecule has 2 heterocycles. The highest BCUT2D eigenvalue weighted by Crippen LogP contribution is 2.35. The van der Waals surface area contributed by atoms with E-state index in [0.29, 0.717) is 13.1 Å². The van der Waals surface area contributed by atoms with Crippen molar-refractivity contribution in [3.8, 4) is 39.9 Å². The molecule has 43 heavy (non-hydrogen) atoms. The van der Waals surface area contributed by atoms with E-state index in [0.717, 1.165) is 77.1 Å². The largest absolute Gasteiger partial charge is 0.497 e. The van der Waals surface area contributed by atoms with E-state index in [9.17, 15) is 5.11 Å². The Morgan fingerprint density at radius 1 is 0.767 bits per heavy atom. The average Bonchev–Trinajstić information content (AvgIpc) is 3.67. The molecule has 0 aliphatic carbocycles. The summed E-state index contributed by atoms with van der Waals surface area (Å²) in [5.74, 6) is 3.35. The minimum Gasteiger partial charge on any atom is -0.497 e. The Bertz CT molecular complexity index is 1620. The average molecular weight is 576 g/mol. The van der Waals surface area contributed by atoms with E-state index < -0.39 is 0 Å². The molecule has 0 amide bonds. The van der Waals surface area contributed by atoms with Crippen molar-refractivity contribution in [2.24, 2.45) is 0 Å². The van der Waals surface area contributed by atoms with Gasteiger partial charge in [0, 0.05) is 43.9 Å². The number of rotatable bonds is 13. The molecule has 0 atom stereocenters. The molecule has 4 aromatic carbocycles. The zero-order valence-electron chi connectivity index (χ0n) is 24.5. The number of fused-ring (bicyclic) bond motifs is 1.